The number of rotatable bonds is 5. The molecule has 102 valence electrons. The van der Waals surface area contributed by atoms with E-state index in [0.717, 1.165) is 12.1 Å². The number of halogens is 1. The van der Waals surface area contributed by atoms with Crippen molar-refractivity contribution < 1.29 is 4.39 Å². The van der Waals surface area contributed by atoms with Gasteiger partial charge in [0.1, 0.15) is 5.82 Å². The maximum Gasteiger partial charge on any atom is 0.127 e. The SMILES string of the molecule is CNC(CN(C)Cc1ccccc1F)C(C)(C)C. The zero-order chi connectivity index (χ0) is 13.8. The van der Waals surface area contributed by atoms with Crippen molar-refractivity contribution in [2.75, 3.05) is 20.6 Å². The van der Waals surface area contributed by atoms with Crippen LogP contribution in [0.1, 0.15) is 26.3 Å². The second-order valence-corrected chi connectivity index (χ2v) is 6.00. The summed E-state index contributed by atoms with van der Waals surface area (Å²) in [7, 11) is 4.01. The normalized spacial score (nSPS) is 13.9. The smallest absolute Gasteiger partial charge is 0.127 e. The molecule has 1 atom stereocenters. The Hall–Kier alpha value is -0.930. The minimum absolute atomic E-state index is 0.124. The largest absolute Gasteiger partial charge is 0.315 e. The van der Waals surface area contributed by atoms with E-state index in [2.05, 4.69) is 31.0 Å². The van der Waals surface area contributed by atoms with E-state index >= 15 is 0 Å². The zero-order valence-electron chi connectivity index (χ0n) is 12.1. The van der Waals surface area contributed by atoms with Gasteiger partial charge in [0.25, 0.3) is 0 Å². The van der Waals surface area contributed by atoms with Gasteiger partial charge in [-0.1, -0.05) is 39.0 Å². The first-order valence-electron chi connectivity index (χ1n) is 6.44. The highest BCUT2D eigenvalue weighted by atomic mass is 19.1. The number of hydrogen-bond acceptors (Lipinski definition) is 2. The Bertz CT molecular complexity index is 371. The molecule has 0 heterocycles. The van der Waals surface area contributed by atoms with E-state index in [9.17, 15) is 4.39 Å². The van der Waals surface area contributed by atoms with Crippen LogP contribution in [0.4, 0.5) is 4.39 Å². The summed E-state index contributed by atoms with van der Waals surface area (Å²) in [4.78, 5) is 2.16. The molecule has 0 bridgehead atoms. The van der Waals surface area contributed by atoms with Crippen LogP contribution in [0.5, 0.6) is 0 Å². The standard InChI is InChI=1S/C15H25FN2/c1-15(2,3)14(17-4)11-18(5)10-12-8-6-7-9-13(12)16/h6-9,14,17H,10-11H2,1-5H3. The molecule has 0 amide bonds. The van der Waals surface area contributed by atoms with Crippen LogP contribution in [0.25, 0.3) is 0 Å². The minimum Gasteiger partial charge on any atom is -0.315 e. The molecule has 0 aliphatic rings. The molecular formula is C15H25FN2. The number of benzene rings is 1. The number of nitrogens with zero attached hydrogens (tertiary/aromatic N) is 1. The van der Waals surface area contributed by atoms with Crippen molar-refractivity contribution in [2.45, 2.75) is 33.4 Å². The maximum atomic E-state index is 13.6. The summed E-state index contributed by atoms with van der Waals surface area (Å²) in [6, 6.07) is 7.35. The van der Waals surface area contributed by atoms with Gasteiger partial charge in [-0.25, -0.2) is 4.39 Å². The summed E-state index contributed by atoms with van der Waals surface area (Å²) in [5.74, 6) is -0.124. The Morgan fingerprint density at radius 2 is 1.89 bits per heavy atom. The minimum atomic E-state index is -0.124. The Morgan fingerprint density at radius 3 is 2.39 bits per heavy atom. The Kier molecular flexibility index (Phi) is 5.29. The molecule has 0 aliphatic carbocycles. The lowest BCUT2D eigenvalue weighted by atomic mass is 9.86. The first kappa shape index (κ1) is 15.1. The molecule has 0 fully saturated rings. The summed E-state index contributed by atoms with van der Waals surface area (Å²) in [5.41, 5.74) is 0.946. The molecule has 0 aliphatic heterocycles. The molecule has 1 unspecified atom stereocenters. The van der Waals surface area contributed by atoms with E-state index in [0.29, 0.717) is 12.6 Å². The maximum absolute atomic E-state index is 13.6. The molecule has 2 nitrogen and oxygen atoms in total. The van der Waals surface area contributed by atoms with Crippen molar-refractivity contribution in [3.8, 4) is 0 Å². The fourth-order valence-corrected chi connectivity index (χ4v) is 2.09. The van der Waals surface area contributed by atoms with Crippen molar-refractivity contribution in [2.24, 2.45) is 5.41 Å². The lowest BCUT2D eigenvalue weighted by Gasteiger charge is -2.33. The molecule has 1 aromatic carbocycles. The van der Waals surface area contributed by atoms with E-state index in [1.807, 2.05) is 26.2 Å². The van der Waals surface area contributed by atoms with Crippen LogP contribution >= 0.6 is 0 Å². The lowest BCUT2D eigenvalue weighted by Crippen LogP contribution is -2.46. The summed E-state index contributed by atoms with van der Waals surface area (Å²) in [6.45, 7) is 8.18. The van der Waals surface area contributed by atoms with Gasteiger partial charge in [0.2, 0.25) is 0 Å². The third-order valence-electron chi connectivity index (χ3n) is 3.29. The summed E-state index contributed by atoms with van der Waals surface area (Å²) in [5, 5.41) is 3.34. The van der Waals surface area contributed by atoms with Gasteiger partial charge < -0.3 is 10.2 Å². The second kappa shape index (κ2) is 6.30. The lowest BCUT2D eigenvalue weighted by molar-refractivity contribution is 0.197. The summed E-state index contributed by atoms with van der Waals surface area (Å²) >= 11 is 0. The van der Waals surface area contributed by atoms with Gasteiger partial charge in [-0.3, -0.25) is 0 Å². The van der Waals surface area contributed by atoms with Gasteiger partial charge in [0.15, 0.2) is 0 Å². The van der Waals surface area contributed by atoms with Crippen molar-refractivity contribution in [1.82, 2.24) is 10.2 Å². The molecule has 1 N–H and O–H groups in total. The van der Waals surface area contributed by atoms with Gasteiger partial charge in [-0.2, -0.15) is 0 Å². The van der Waals surface area contributed by atoms with Gasteiger partial charge in [0.05, 0.1) is 0 Å². The van der Waals surface area contributed by atoms with Crippen LogP contribution < -0.4 is 5.32 Å². The Labute approximate surface area is 110 Å². The highest BCUT2D eigenvalue weighted by molar-refractivity contribution is 5.17. The van der Waals surface area contributed by atoms with Gasteiger partial charge in [0, 0.05) is 24.7 Å². The number of likely N-dealkylation sites (N-methyl/N-ethyl adjacent to an activating group) is 2. The topological polar surface area (TPSA) is 15.3 Å². The molecule has 0 aromatic heterocycles. The molecule has 3 heteroatoms. The van der Waals surface area contributed by atoms with Crippen molar-refractivity contribution in [3.63, 3.8) is 0 Å². The summed E-state index contributed by atoms with van der Waals surface area (Å²) in [6.07, 6.45) is 0. The van der Waals surface area contributed by atoms with Crippen LogP contribution in [0.3, 0.4) is 0 Å². The zero-order valence-corrected chi connectivity index (χ0v) is 12.1. The van der Waals surface area contributed by atoms with E-state index in [1.54, 1.807) is 6.07 Å². The van der Waals surface area contributed by atoms with Crippen LogP contribution in [-0.2, 0) is 6.54 Å². The molecule has 1 rings (SSSR count). The van der Waals surface area contributed by atoms with Crippen molar-refractivity contribution in [1.29, 1.82) is 0 Å². The predicted molar refractivity (Wildman–Crippen MR) is 75.0 cm³/mol. The third-order valence-corrected chi connectivity index (χ3v) is 3.29. The van der Waals surface area contributed by atoms with Crippen LogP contribution in [0, 0.1) is 11.2 Å². The predicted octanol–water partition coefficient (Wildman–Crippen LogP) is 2.89. The highest BCUT2D eigenvalue weighted by Gasteiger charge is 2.24. The van der Waals surface area contributed by atoms with E-state index in [-0.39, 0.29) is 11.2 Å². The fraction of sp³-hybridized carbons (Fsp3) is 0.600. The number of hydrogen-bond donors (Lipinski definition) is 1. The first-order chi connectivity index (χ1) is 8.34. The Morgan fingerprint density at radius 1 is 1.28 bits per heavy atom. The van der Waals surface area contributed by atoms with E-state index in [1.165, 1.54) is 6.07 Å². The van der Waals surface area contributed by atoms with E-state index < -0.39 is 0 Å². The van der Waals surface area contributed by atoms with E-state index in [4.69, 9.17) is 0 Å². The van der Waals surface area contributed by atoms with Crippen molar-refractivity contribution >= 4 is 0 Å². The van der Waals surface area contributed by atoms with Crippen LogP contribution in [0.15, 0.2) is 24.3 Å². The number of nitrogens with one attached hydrogen (secondary N) is 1. The molecule has 0 spiro atoms. The average molecular weight is 252 g/mol. The van der Waals surface area contributed by atoms with Crippen LogP contribution in [0.2, 0.25) is 0 Å². The quantitative estimate of drug-likeness (QED) is 0.867. The molecule has 0 radical (unpaired) electrons. The monoisotopic (exact) mass is 252 g/mol. The Balaban J connectivity index is 2.61. The fourth-order valence-electron chi connectivity index (χ4n) is 2.09. The third kappa shape index (κ3) is 4.39. The van der Waals surface area contributed by atoms with Gasteiger partial charge in [-0.15, -0.1) is 0 Å². The van der Waals surface area contributed by atoms with Gasteiger partial charge >= 0.3 is 0 Å². The molecular weight excluding hydrogens is 227 g/mol. The molecule has 0 saturated carbocycles. The van der Waals surface area contributed by atoms with Gasteiger partial charge in [-0.05, 0) is 25.6 Å². The van der Waals surface area contributed by atoms with Crippen molar-refractivity contribution in [3.05, 3.63) is 35.6 Å². The average Bonchev–Trinajstić information content (AvgIpc) is 2.27. The second-order valence-electron chi connectivity index (χ2n) is 6.00. The molecule has 0 saturated heterocycles. The highest BCUT2D eigenvalue weighted by Crippen LogP contribution is 2.20. The molecule has 18 heavy (non-hydrogen) atoms. The van der Waals surface area contributed by atoms with Crippen LogP contribution in [-0.4, -0.2) is 31.6 Å². The summed E-state index contributed by atoms with van der Waals surface area (Å²) < 4.78 is 13.6. The molecule has 1 aromatic rings. The first-order valence-corrected chi connectivity index (χ1v) is 6.44.